The number of rotatable bonds is 4. The van der Waals surface area contributed by atoms with Gasteiger partial charge in [-0.3, -0.25) is 4.79 Å². The summed E-state index contributed by atoms with van der Waals surface area (Å²) >= 11 is 0. The quantitative estimate of drug-likeness (QED) is 0.771. The van der Waals surface area contributed by atoms with Gasteiger partial charge >= 0.3 is 0 Å². The van der Waals surface area contributed by atoms with Gasteiger partial charge in [-0.05, 0) is 39.2 Å². The maximum atomic E-state index is 12.1. The van der Waals surface area contributed by atoms with E-state index in [1.54, 1.807) is 0 Å². The lowest BCUT2D eigenvalue weighted by atomic mass is 9.74. The Morgan fingerprint density at radius 1 is 1.39 bits per heavy atom. The summed E-state index contributed by atoms with van der Waals surface area (Å²) in [6.07, 6.45) is 5.49. The number of nitrogens with one attached hydrogen (secondary N) is 1. The second-order valence-corrected chi connectivity index (χ2v) is 5.65. The molecule has 1 unspecified atom stereocenters. The van der Waals surface area contributed by atoms with E-state index in [9.17, 15) is 4.79 Å². The van der Waals surface area contributed by atoms with Crippen LogP contribution in [0.3, 0.4) is 0 Å². The van der Waals surface area contributed by atoms with E-state index >= 15 is 0 Å². The van der Waals surface area contributed by atoms with Crippen molar-refractivity contribution >= 4 is 5.91 Å². The van der Waals surface area contributed by atoms with Crippen LogP contribution < -0.4 is 5.32 Å². The van der Waals surface area contributed by atoms with Crippen molar-refractivity contribution in [3.8, 4) is 0 Å². The molecule has 2 fully saturated rings. The zero-order chi connectivity index (χ0) is 12.8. The highest BCUT2D eigenvalue weighted by atomic mass is 16.5. The number of amides is 1. The Bertz CT molecular complexity index is 269. The minimum atomic E-state index is 0.271. The van der Waals surface area contributed by atoms with Crippen molar-refractivity contribution in [3.63, 3.8) is 0 Å². The number of likely N-dealkylation sites (tertiary alicyclic amines) is 1. The van der Waals surface area contributed by atoms with Crippen molar-refractivity contribution < 1.29 is 9.53 Å². The SMILES string of the molecule is CCOCCC(=O)N1CCCC2(CCCNC2)C1. The van der Waals surface area contributed by atoms with Gasteiger partial charge in [0.1, 0.15) is 0 Å². The third-order valence-electron chi connectivity index (χ3n) is 4.24. The maximum absolute atomic E-state index is 12.1. The first kappa shape index (κ1) is 13.8. The molecule has 104 valence electrons. The van der Waals surface area contributed by atoms with Gasteiger partial charge in [0.05, 0.1) is 13.0 Å². The highest BCUT2D eigenvalue weighted by Crippen LogP contribution is 2.35. The zero-order valence-corrected chi connectivity index (χ0v) is 11.5. The van der Waals surface area contributed by atoms with E-state index in [2.05, 4.69) is 10.2 Å². The minimum absolute atomic E-state index is 0.271. The molecule has 1 atom stereocenters. The van der Waals surface area contributed by atoms with Crippen LogP contribution in [0.1, 0.15) is 39.0 Å². The summed E-state index contributed by atoms with van der Waals surface area (Å²) in [5.41, 5.74) is 0.359. The predicted octanol–water partition coefficient (Wildman–Crippen LogP) is 1.41. The van der Waals surface area contributed by atoms with Crippen LogP contribution in [-0.2, 0) is 9.53 Å². The van der Waals surface area contributed by atoms with Crippen molar-refractivity contribution in [3.05, 3.63) is 0 Å². The molecule has 0 aromatic rings. The smallest absolute Gasteiger partial charge is 0.224 e. The van der Waals surface area contributed by atoms with Gasteiger partial charge in [0.2, 0.25) is 5.91 Å². The lowest BCUT2D eigenvalue weighted by Crippen LogP contribution is -2.52. The largest absolute Gasteiger partial charge is 0.381 e. The van der Waals surface area contributed by atoms with Gasteiger partial charge in [-0.15, -0.1) is 0 Å². The summed E-state index contributed by atoms with van der Waals surface area (Å²) < 4.78 is 5.27. The summed E-state index contributed by atoms with van der Waals surface area (Å²) in [6, 6.07) is 0. The van der Waals surface area contributed by atoms with Gasteiger partial charge in [-0.2, -0.15) is 0 Å². The number of piperidine rings is 2. The molecule has 0 bridgehead atoms. The number of carbonyl (C=O) groups is 1. The molecule has 0 aromatic carbocycles. The van der Waals surface area contributed by atoms with Gasteiger partial charge in [-0.25, -0.2) is 0 Å². The first-order valence-electron chi connectivity index (χ1n) is 7.32. The Kier molecular flexibility index (Phi) is 5.01. The molecule has 0 saturated carbocycles. The fourth-order valence-electron chi connectivity index (χ4n) is 3.26. The third kappa shape index (κ3) is 3.45. The molecule has 2 saturated heterocycles. The predicted molar refractivity (Wildman–Crippen MR) is 71.5 cm³/mol. The molecule has 1 N–H and O–H groups in total. The highest BCUT2D eigenvalue weighted by Gasteiger charge is 2.37. The molecule has 0 aliphatic carbocycles. The molecule has 1 spiro atoms. The summed E-state index contributed by atoms with van der Waals surface area (Å²) in [5, 5.41) is 3.49. The van der Waals surface area contributed by atoms with Crippen molar-refractivity contribution in [2.45, 2.75) is 39.0 Å². The van der Waals surface area contributed by atoms with Gasteiger partial charge < -0.3 is 15.0 Å². The van der Waals surface area contributed by atoms with Crippen LogP contribution in [0, 0.1) is 5.41 Å². The lowest BCUT2D eigenvalue weighted by Gasteiger charge is -2.45. The molecular formula is C14H26N2O2. The van der Waals surface area contributed by atoms with E-state index in [1.165, 1.54) is 19.3 Å². The molecular weight excluding hydrogens is 228 g/mol. The maximum Gasteiger partial charge on any atom is 0.224 e. The van der Waals surface area contributed by atoms with Crippen LogP contribution in [0.2, 0.25) is 0 Å². The lowest BCUT2D eigenvalue weighted by molar-refractivity contribution is -0.136. The second-order valence-electron chi connectivity index (χ2n) is 5.65. The fraction of sp³-hybridized carbons (Fsp3) is 0.929. The Morgan fingerprint density at radius 2 is 2.22 bits per heavy atom. The molecule has 0 radical (unpaired) electrons. The average Bonchev–Trinajstić information content (AvgIpc) is 2.40. The summed E-state index contributed by atoms with van der Waals surface area (Å²) in [4.78, 5) is 14.2. The third-order valence-corrected chi connectivity index (χ3v) is 4.24. The van der Waals surface area contributed by atoms with E-state index in [-0.39, 0.29) is 5.91 Å². The van der Waals surface area contributed by atoms with E-state index in [0.29, 0.717) is 25.0 Å². The van der Waals surface area contributed by atoms with E-state index < -0.39 is 0 Å². The number of nitrogens with zero attached hydrogens (tertiary/aromatic N) is 1. The van der Waals surface area contributed by atoms with Crippen molar-refractivity contribution in [2.24, 2.45) is 5.41 Å². The first-order valence-corrected chi connectivity index (χ1v) is 7.32. The standard InChI is InChI=1S/C14H26N2O2/c1-2-18-10-5-13(17)16-9-4-7-14(12-16)6-3-8-15-11-14/h15H,2-12H2,1H3. The van der Waals surface area contributed by atoms with E-state index in [0.717, 1.165) is 32.6 Å². The van der Waals surface area contributed by atoms with Crippen molar-refractivity contribution in [1.29, 1.82) is 0 Å². The number of hydrogen-bond donors (Lipinski definition) is 1. The molecule has 0 aromatic heterocycles. The molecule has 4 heteroatoms. The van der Waals surface area contributed by atoms with Crippen LogP contribution in [0.25, 0.3) is 0 Å². The Morgan fingerprint density at radius 3 is 2.94 bits per heavy atom. The van der Waals surface area contributed by atoms with E-state index in [4.69, 9.17) is 4.74 Å². The normalized spacial score (nSPS) is 28.6. The monoisotopic (exact) mass is 254 g/mol. The molecule has 4 nitrogen and oxygen atoms in total. The number of carbonyl (C=O) groups excluding carboxylic acids is 1. The Hall–Kier alpha value is -0.610. The Balaban J connectivity index is 1.83. The topological polar surface area (TPSA) is 41.6 Å². The van der Waals surface area contributed by atoms with Gasteiger partial charge in [-0.1, -0.05) is 0 Å². The summed E-state index contributed by atoms with van der Waals surface area (Å²) in [6.45, 7) is 7.34. The summed E-state index contributed by atoms with van der Waals surface area (Å²) in [7, 11) is 0. The molecule has 2 aliphatic heterocycles. The minimum Gasteiger partial charge on any atom is -0.381 e. The first-order chi connectivity index (χ1) is 8.76. The van der Waals surface area contributed by atoms with Crippen LogP contribution in [0.5, 0.6) is 0 Å². The molecule has 2 heterocycles. The van der Waals surface area contributed by atoms with E-state index in [1.807, 2.05) is 6.92 Å². The summed E-state index contributed by atoms with van der Waals surface area (Å²) in [5.74, 6) is 0.271. The molecule has 18 heavy (non-hydrogen) atoms. The number of ether oxygens (including phenoxy) is 1. The molecule has 1 amide bonds. The molecule has 2 rings (SSSR count). The van der Waals surface area contributed by atoms with Crippen LogP contribution >= 0.6 is 0 Å². The van der Waals surface area contributed by atoms with Crippen LogP contribution in [0.4, 0.5) is 0 Å². The average molecular weight is 254 g/mol. The second kappa shape index (κ2) is 6.53. The van der Waals surface area contributed by atoms with Crippen LogP contribution in [0.15, 0.2) is 0 Å². The van der Waals surface area contributed by atoms with Crippen molar-refractivity contribution in [2.75, 3.05) is 39.4 Å². The zero-order valence-electron chi connectivity index (χ0n) is 11.5. The van der Waals surface area contributed by atoms with Gasteiger partial charge in [0.15, 0.2) is 0 Å². The molecule has 2 aliphatic rings. The number of hydrogen-bond acceptors (Lipinski definition) is 3. The van der Waals surface area contributed by atoms with Gasteiger partial charge in [0, 0.05) is 31.7 Å². The van der Waals surface area contributed by atoms with Crippen LogP contribution in [-0.4, -0.2) is 50.2 Å². The Labute approximate surface area is 110 Å². The highest BCUT2D eigenvalue weighted by molar-refractivity contribution is 5.76. The fourth-order valence-corrected chi connectivity index (χ4v) is 3.26. The van der Waals surface area contributed by atoms with Crippen molar-refractivity contribution in [1.82, 2.24) is 10.2 Å². The van der Waals surface area contributed by atoms with Gasteiger partial charge in [0.25, 0.3) is 0 Å².